The highest BCUT2D eigenvalue weighted by atomic mass is 32.2. The lowest BCUT2D eigenvalue weighted by atomic mass is 10.0. The molecule has 0 heterocycles. The fraction of sp³-hybridized carbons (Fsp3) is 0.923. The summed E-state index contributed by atoms with van der Waals surface area (Å²) in [5.41, 5.74) is 0. The maximum atomic E-state index is 10.9. The Morgan fingerprint density at radius 2 is 2.00 bits per heavy atom. The molecule has 6 nitrogen and oxygen atoms in total. The van der Waals surface area contributed by atoms with Crippen LogP contribution in [-0.4, -0.2) is 39.8 Å². The maximum Gasteiger partial charge on any atom is 0.210 e. The molecule has 1 saturated carbocycles. The maximum absolute atomic E-state index is 10.9. The van der Waals surface area contributed by atoms with Crippen molar-refractivity contribution in [3.63, 3.8) is 0 Å². The molecule has 20 heavy (non-hydrogen) atoms. The molecule has 4 N–H and O–H groups in total. The van der Waals surface area contributed by atoms with Crippen molar-refractivity contribution in [2.75, 3.05) is 25.4 Å². The van der Waals surface area contributed by atoms with Crippen molar-refractivity contribution in [1.82, 2.24) is 10.6 Å². The number of rotatable bonds is 8. The summed E-state index contributed by atoms with van der Waals surface area (Å²) in [6, 6.07) is 0. The molecule has 0 bridgehead atoms. The Balaban J connectivity index is 2.22. The van der Waals surface area contributed by atoms with Gasteiger partial charge in [-0.1, -0.05) is 25.7 Å². The number of nitrogens with one attached hydrogen (secondary N) is 2. The van der Waals surface area contributed by atoms with E-state index in [1.807, 2.05) is 6.92 Å². The molecule has 7 heteroatoms. The van der Waals surface area contributed by atoms with Crippen molar-refractivity contribution < 1.29 is 8.42 Å². The second kappa shape index (κ2) is 9.18. The van der Waals surface area contributed by atoms with E-state index >= 15 is 0 Å². The quantitative estimate of drug-likeness (QED) is 0.351. The van der Waals surface area contributed by atoms with Crippen LogP contribution in [0, 0.1) is 5.92 Å². The summed E-state index contributed by atoms with van der Waals surface area (Å²) in [6.45, 7) is 3.80. The highest BCUT2D eigenvalue weighted by Crippen LogP contribution is 2.28. The van der Waals surface area contributed by atoms with Gasteiger partial charge in [-0.2, -0.15) is 0 Å². The van der Waals surface area contributed by atoms with Crippen LogP contribution in [0.15, 0.2) is 4.99 Å². The van der Waals surface area contributed by atoms with E-state index < -0.39 is 10.0 Å². The predicted octanol–water partition coefficient (Wildman–Crippen LogP) is 0.800. The van der Waals surface area contributed by atoms with Crippen LogP contribution in [-0.2, 0) is 10.0 Å². The number of guanidine groups is 1. The van der Waals surface area contributed by atoms with Gasteiger partial charge < -0.3 is 10.6 Å². The third-order valence-corrected chi connectivity index (χ3v) is 4.31. The first-order valence-corrected chi connectivity index (χ1v) is 9.25. The molecule has 0 radical (unpaired) electrons. The van der Waals surface area contributed by atoms with Crippen molar-refractivity contribution in [2.45, 2.75) is 45.4 Å². The van der Waals surface area contributed by atoms with Crippen LogP contribution in [0.4, 0.5) is 0 Å². The molecule has 0 aromatic carbocycles. The molecule has 118 valence electrons. The number of sulfonamides is 1. The van der Waals surface area contributed by atoms with Crippen LogP contribution >= 0.6 is 0 Å². The molecule has 0 aliphatic heterocycles. The zero-order valence-electron chi connectivity index (χ0n) is 12.4. The first-order valence-electron chi connectivity index (χ1n) is 7.54. The van der Waals surface area contributed by atoms with Crippen LogP contribution in [0.2, 0.25) is 0 Å². The second-order valence-corrected chi connectivity index (χ2v) is 7.08. The third kappa shape index (κ3) is 8.37. The lowest BCUT2D eigenvalue weighted by Crippen LogP contribution is -2.40. The fourth-order valence-electron chi connectivity index (χ4n) is 2.52. The number of primary sulfonamides is 1. The molecule has 0 aromatic rings. The lowest BCUT2D eigenvalue weighted by molar-refractivity contribution is 0.487. The number of nitrogens with zero attached hydrogens (tertiary/aromatic N) is 1. The largest absolute Gasteiger partial charge is 0.357 e. The van der Waals surface area contributed by atoms with E-state index in [2.05, 4.69) is 15.6 Å². The van der Waals surface area contributed by atoms with E-state index in [-0.39, 0.29) is 12.3 Å². The van der Waals surface area contributed by atoms with Gasteiger partial charge in [0.15, 0.2) is 5.96 Å². The third-order valence-electron chi connectivity index (χ3n) is 3.54. The molecule has 0 unspecified atom stereocenters. The Labute approximate surface area is 122 Å². The minimum absolute atomic E-state index is 0.0838. The standard InChI is InChI=1S/C13H28N4O2S/c1-2-15-13(17-10-11-20(14,18)19)16-9-5-8-12-6-3-4-7-12/h12H,2-11H2,1H3,(H2,14,18,19)(H2,15,16,17). The van der Waals surface area contributed by atoms with E-state index in [1.54, 1.807) is 0 Å². The number of hydrogen-bond donors (Lipinski definition) is 3. The van der Waals surface area contributed by atoms with Gasteiger partial charge in [-0.3, -0.25) is 4.99 Å². The molecule has 0 saturated heterocycles. The zero-order chi connectivity index (χ0) is 14.8. The summed E-state index contributed by atoms with van der Waals surface area (Å²) in [4.78, 5) is 4.45. The SMILES string of the molecule is CCNC(=NCCCC1CCCC1)NCCS(N)(=O)=O. The molecule has 0 atom stereocenters. The van der Waals surface area contributed by atoms with Crippen LogP contribution in [0.25, 0.3) is 0 Å². The normalized spacial score (nSPS) is 17.4. The van der Waals surface area contributed by atoms with Crippen molar-refractivity contribution in [3.05, 3.63) is 0 Å². The minimum Gasteiger partial charge on any atom is -0.357 e. The Morgan fingerprint density at radius 1 is 1.30 bits per heavy atom. The molecule has 0 aromatic heterocycles. The first kappa shape index (κ1) is 17.2. The van der Waals surface area contributed by atoms with Gasteiger partial charge in [0.2, 0.25) is 10.0 Å². The summed E-state index contributed by atoms with van der Waals surface area (Å²) in [6.07, 6.45) is 7.85. The van der Waals surface area contributed by atoms with Gasteiger partial charge in [0.1, 0.15) is 0 Å². The summed E-state index contributed by atoms with van der Waals surface area (Å²) in [7, 11) is -3.42. The molecule has 1 rings (SSSR count). The van der Waals surface area contributed by atoms with Crippen LogP contribution in [0.5, 0.6) is 0 Å². The van der Waals surface area contributed by atoms with Crippen molar-refractivity contribution in [2.24, 2.45) is 16.0 Å². The highest BCUT2D eigenvalue weighted by Gasteiger charge is 2.13. The number of nitrogens with two attached hydrogens (primary N) is 1. The van der Waals surface area contributed by atoms with Gasteiger partial charge in [-0.15, -0.1) is 0 Å². The Morgan fingerprint density at radius 3 is 2.60 bits per heavy atom. The van der Waals surface area contributed by atoms with Crippen LogP contribution in [0.3, 0.4) is 0 Å². The fourth-order valence-corrected chi connectivity index (χ4v) is 2.91. The minimum atomic E-state index is -3.42. The molecule has 1 aliphatic rings. The average Bonchev–Trinajstić information content (AvgIpc) is 2.86. The lowest BCUT2D eigenvalue weighted by Gasteiger charge is -2.11. The Bertz CT molecular complexity index is 389. The number of aliphatic imine (C=N–C) groups is 1. The van der Waals surface area contributed by atoms with Crippen LogP contribution < -0.4 is 15.8 Å². The summed E-state index contributed by atoms with van der Waals surface area (Å²) >= 11 is 0. The van der Waals surface area contributed by atoms with E-state index in [4.69, 9.17) is 5.14 Å². The number of hydrogen-bond acceptors (Lipinski definition) is 3. The van der Waals surface area contributed by atoms with E-state index in [1.165, 1.54) is 32.1 Å². The predicted molar refractivity (Wildman–Crippen MR) is 83.1 cm³/mol. The highest BCUT2D eigenvalue weighted by molar-refractivity contribution is 7.89. The molecule has 0 amide bonds. The van der Waals surface area contributed by atoms with Crippen molar-refractivity contribution >= 4 is 16.0 Å². The van der Waals surface area contributed by atoms with E-state index in [9.17, 15) is 8.42 Å². The van der Waals surface area contributed by atoms with E-state index in [0.717, 1.165) is 25.4 Å². The smallest absolute Gasteiger partial charge is 0.210 e. The van der Waals surface area contributed by atoms with Crippen LogP contribution in [0.1, 0.15) is 45.4 Å². The topological polar surface area (TPSA) is 96.6 Å². The Kier molecular flexibility index (Phi) is 7.91. The van der Waals surface area contributed by atoms with Gasteiger partial charge in [-0.25, -0.2) is 13.6 Å². The van der Waals surface area contributed by atoms with Gasteiger partial charge >= 0.3 is 0 Å². The monoisotopic (exact) mass is 304 g/mol. The van der Waals surface area contributed by atoms with Gasteiger partial charge in [0.05, 0.1) is 5.75 Å². The summed E-state index contributed by atoms with van der Waals surface area (Å²) in [5, 5.41) is 11.0. The molecule has 1 fully saturated rings. The van der Waals surface area contributed by atoms with Crippen molar-refractivity contribution in [3.8, 4) is 0 Å². The first-order chi connectivity index (χ1) is 9.51. The van der Waals surface area contributed by atoms with Gasteiger partial charge in [0.25, 0.3) is 0 Å². The van der Waals surface area contributed by atoms with Crippen molar-refractivity contribution in [1.29, 1.82) is 0 Å². The van der Waals surface area contributed by atoms with Gasteiger partial charge in [0, 0.05) is 19.6 Å². The van der Waals surface area contributed by atoms with Gasteiger partial charge in [-0.05, 0) is 25.7 Å². The Hall–Kier alpha value is -0.820. The summed E-state index contributed by atoms with van der Waals surface area (Å²) < 4.78 is 21.7. The van der Waals surface area contributed by atoms with E-state index in [0.29, 0.717) is 5.96 Å². The molecular weight excluding hydrogens is 276 g/mol. The average molecular weight is 304 g/mol. The zero-order valence-corrected chi connectivity index (χ0v) is 13.2. The molecular formula is C13H28N4O2S. The molecule has 0 spiro atoms. The molecule has 1 aliphatic carbocycles. The second-order valence-electron chi connectivity index (χ2n) is 5.35. The summed E-state index contributed by atoms with van der Waals surface area (Å²) in [5.74, 6) is 1.48.